The summed E-state index contributed by atoms with van der Waals surface area (Å²) in [5, 5.41) is 2.91. The molecule has 0 amide bonds. The van der Waals surface area contributed by atoms with Gasteiger partial charge in [0.1, 0.15) is 17.2 Å². The van der Waals surface area contributed by atoms with E-state index in [9.17, 15) is 0 Å². The first-order valence-electron chi connectivity index (χ1n) is 25.2. The summed E-state index contributed by atoms with van der Waals surface area (Å²) >= 11 is 0. The molecule has 2 heterocycles. The van der Waals surface area contributed by atoms with Crippen molar-refractivity contribution in [2.45, 2.75) is 54.6 Å². The molecule has 2 nitrogen and oxygen atoms in total. The van der Waals surface area contributed by atoms with E-state index in [1.165, 1.54) is 18.2 Å². The van der Waals surface area contributed by atoms with Crippen LogP contribution in [0.25, 0.3) is 111 Å². The van der Waals surface area contributed by atoms with Gasteiger partial charge in [0.2, 0.25) is 0 Å². The maximum absolute atomic E-state index is 17.0. The van der Waals surface area contributed by atoms with Crippen molar-refractivity contribution in [3.05, 3.63) is 238 Å². The molecule has 10 aromatic carbocycles. The van der Waals surface area contributed by atoms with Gasteiger partial charge in [-0.05, 0) is 194 Å². The van der Waals surface area contributed by atoms with E-state index in [1.54, 1.807) is 9.13 Å². The second kappa shape index (κ2) is 17.8. The number of aromatic nitrogens is 2. The number of nitrogens with zero attached hydrogens (tertiary/aromatic N) is 2. The number of hydrogen-bond acceptors (Lipinski definition) is 0. The van der Waals surface area contributed by atoms with Gasteiger partial charge in [0.15, 0.2) is 0 Å². The van der Waals surface area contributed by atoms with E-state index < -0.39 is 28.9 Å². The SMILES string of the molecule is Cc1ccc(-c2ccc3c(c2)c2cc(-c4ccccc4C)ccc2n3-c2cc(-c3c(F)cccc3F)cc(-n3c4ccc(-c5ccc(C)cc5C)cc4c4cc(-c5ccc(C)cc5C)ccc43)c2C(F)(F)F)c(C)c1. The zero-order valence-corrected chi connectivity index (χ0v) is 42.6. The number of aryl methyl sites for hydroxylation is 7. The fourth-order valence-corrected chi connectivity index (χ4v) is 11.7. The summed E-state index contributed by atoms with van der Waals surface area (Å²) < 4.78 is 87.1. The standard InChI is InChI=1S/C68H51F5N2/c1-38-15-22-51(42(5)29-38)46-19-26-61-55(33-46)54-32-45(50-12-9-8-11-41(50)4)18-25-60(54)74(61)64-36-49(66-58(69)13-10-14-59(66)70)37-65(67(64)68(71,72)73)75-62-27-20-47(52-23-16-39(2)30-43(52)6)34-56(62)57-35-48(21-28-63(57)75)53-24-17-40(3)31-44(53)7/h8-37H,1-7H3. The minimum absolute atomic E-state index is 0.0455. The third kappa shape index (κ3) is 8.00. The number of benzene rings is 10. The highest BCUT2D eigenvalue weighted by Crippen LogP contribution is 2.48. The molecule has 7 heteroatoms. The van der Waals surface area contributed by atoms with Gasteiger partial charge in [0, 0.05) is 21.5 Å². The number of hydrogen-bond donors (Lipinski definition) is 0. The van der Waals surface area contributed by atoms with Crippen LogP contribution >= 0.6 is 0 Å². The molecule has 12 aromatic rings. The van der Waals surface area contributed by atoms with Crippen molar-refractivity contribution in [3.8, 4) is 67.0 Å². The predicted molar refractivity (Wildman–Crippen MR) is 300 cm³/mol. The maximum Gasteiger partial charge on any atom is 0.420 e. The molecule has 0 aliphatic heterocycles. The van der Waals surface area contributed by atoms with Gasteiger partial charge in [-0.15, -0.1) is 0 Å². The number of alkyl halides is 3. The minimum Gasteiger partial charge on any atom is -0.309 e. The van der Waals surface area contributed by atoms with Gasteiger partial charge in [0.05, 0.1) is 39.0 Å². The number of fused-ring (bicyclic) bond motifs is 6. The van der Waals surface area contributed by atoms with Gasteiger partial charge in [-0.3, -0.25) is 0 Å². The second-order valence-corrected chi connectivity index (χ2v) is 20.4. The molecule has 12 rings (SSSR count). The van der Waals surface area contributed by atoms with Crippen molar-refractivity contribution >= 4 is 43.6 Å². The molecule has 0 aliphatic carbocycles. The molecule has 0 radical (unpaired) electrons. The van der Waals surface area contributed by atoms with Gasteiger partial charge in [0.25, 0.3) is 0 Å². The largest absolute Gasteiger partial charge is 0.420 e. The van der Waals surface area contributed by atoms with E-state index in [4.69, 9.17) is 0 Å². The molecule has 75 heavy (non-hydrogen) atoms. The molecule has 0 unspecified atom stereocenters. The highest BCUT2D eigenvalue weighted by Gasteiger charge is 2.40. The van der Waals surface area contributed by atoms with Gasteiger partial charge in [-0.2, -0.15) is 13.2 Å². The quantitative estimate of drug-likeness (QED) is 0.141. The normalized spacial score (nSPS) is 12.0. The molecule has 0 bridgehead atoms. The summed E-state index contributed by atoms with van der Waals surface area (Å²) in [6.07, 6.45) is -5.00. The van der Waals surface area contributed by atoms with E-state index in [2.05, 4.69) is 93.6 Å². The Balaban J connectivity index is 1.22. The lowest BCUT2D eigenvalue weighted by atomic mass is 9.95. The number of rotatable bonds is 7. The first-order valence-corrected chi connectivity index (χ1v) is 25.2. The summed E-state index contributed by atoms with van der Waals surface area (Å²) in [5.41, 5.74) is 15.3. The smallest absolute Gasteiger partial charge is 0.309 e. The first kappa shape index (κ1) is 47.5. The minimum atomic E-state index is -5.00. The van der Waals surface area contributed by atoms with Gasteiger partial charge in [-0.1, -0.05) is 126 Å². The van der Waals surface area contributed by atoms with E-state index in [0.29, 0.717) is 22.1 Å². The molecule has 0 atom stereocenters. The average molecular weight is 991 g/mol. The van der Waals surface area contributed by atoms with Crippen molar-refractivity contribution in [1.29, 1.82) is 0 Å². The Bertz CT molecular complexity index is 4210. The van der Waals surface area contributed by atoms with E-state index in [-0.39, 0.29) is 16.9 Å². The van der Waals surface area contributed by atoms with Crippen LogP contribution in [0.5, 0.6) is 0 Å². The Morgan fingerprint density at radius 2 is 0.667 bits per heavy atom. The lowest BCUT2D eigenvalue weighted by Gasteiger charge is -2.23. The summed E-state index contributed by atoms with van der Waals surface area (Å²) in [6, 6.07) is 56.4. The van der Waals surface area contributed by atoms with Crippen LogP contribution in [0.1, 0.15) is 44.5 Å². The van der Waals surface area contributed by atoms with Gasteiger partial charge >= 0.3 is 6.18 Å². The molecule has 0 saturated carbocycles. The third-order valence-electron chi connectivity index (χ3n) is 15.2. The maximum atomic E-state index is 17.0. The van der Waals surface area contributed by atoms with E-state index >= 15 is 22.0 Å². The molecule has 0 fully saturated rings. The highest BCUT2D eigenvalue weighted by molar-refractivity contribution is 6.14. The van der Waals surface area contributed by atoms with Crippen LogP contribution in [0.2, 0.25) is 0 Å². The Kier molecular flexibility index (Phi) is 11.3. The molecule has 0 saturated heterocycles. The van der Waals surface area contributed by atoms with E-state index in [0.717, 1.165) is 117 Å². The summed E-state index contributed by atoms with van der Waals surface area (Å²) in [7, 11) is 0. The Morgan fingerprint density at radius 3 is 1.00 bits per heavy atom. The van der Waals surface area contributed by atoms with Crippen molar-refractivity contribution in [2.75, 3.05) is 0 Å². The lowest BCUT2D eigenvalue weighted by Crippen LogP contribution is -2.16. The first-order chi connectivity index (χ1) is 36.0. The van der Waals surface area contributed by atoms with Crippen LogP contribution in [-0.4, -0.2) is 9.13 Å². The zero-order valence-electron chi connectivity index (χ0n) is 42.6. The Hall–Kier alpha value is -8.55. The topological polar surface area (TPSA) is 9.86 Å². The van der Waals surface area contributed by atoms with Crippen LogP contribution in [-0.2, 0) is 6.18 Å². The predicted octanol–water partition coefficient (Wildman–Crippen LogP) is 19.7. The van der Waals surface area contributed by atoms with Gasteiger partial charge < -0.3 is 9.13 Å². The summed E-state index contributed by atoms with van der Waals surface area (Å²) in [5.74, 6) is -1.79. The molecule has 0 aliphatic rings. The molecule has 0 N–H and O–H groups in total. The Morgan fingerprint density at radius 1 is 0.320 bits per heavy atom. The monoisotopic (exact) mass is 990 g/mol. The van der Waals surface area contributed by atoms with Crippen LogP contribution in [0.15, 0.2) is 182 Å². The molecule has 2 aromatic heterocycles. The zero-order chi connectivity index (χ0) is 52.2. The fraction of sp³-hybridized carbons (Fsp3) is 0.118. The van der Waals surface area contributed by atoms with Crippen molar-refractivity contribution < 1.29 is 22.0 Å². The van der Waals surface area contributed by atoms with Crippen LogP contribution in [0.3, 0.4) is 0 Å². The van der Waals surface area contributed by atoms with E-state index in [1.807, 2.05) is 107 Å². The average Bonchev–Trinajstić information content (AvgIpc) is 3.97. The molecule has 368 valence electrons. The van der Waals surface area contributed by atoms with Crippen LogP contribution in [0.4, 0.5) is 22.0 Å². The van der Waals surface area contributed by atoms with Crippen LogP contribution < -0.4 is 0 Å². The molecular weight excluding hydrogens is 940 g/mol. The van der Waals surface area contributed by atoms with Crippen molar-refractivity contribution in [3.63, 3.8) is 0 Å². The van der Waals surface area contributed by atoms with Gasteiger partial charge in [-0.25, -0.2) is 8.78 Å². The molecular formula is C68H51F5N2. The molecule has 0 spiro atoms. The summed E-state index contributed by atoms with van der Waals surface area (Å²) in [6.45, 7) is 14.3. The van der Waals surface area contributed by atoms with Crippen molar-refractivity contribution in [2.24, 2.45) is 0 Å². The van der Waals surface area contributed by atoms with Crippen LogP contribution in [0, 0.1) is 60.1 Å². The second-order valence-electron chi connectivity index (χ2n) is 20.4. The fourth-order valence-electron chi connectivity index (χ4n) is 11.7. The van der Waals surface area contributed by atoms with Crippen molar-refractivity contribution in [1.82, 2.24) is 9.13 Å². The third-order valence-corrected chi connectivity index (χ3v) is 15.2. The lowest BCUT2D eigenvalue weighted by molar-refractivity contribution is -0.137. The highest BCUT2D eigenvalue weighted by atomic mass is 19.4. The summed E-state index contributed by atoms with van der Waals surface area (Å²) in [4.78, 5) is 0. The Labute approximate surface area is 432 Å². The number of halogens is 5.